The lowest BCUT2D eigenvalue weighted by molar-refractivity contribution is -0.120. The summed E-state index contributed by atoms with van der Waals surface area (Å²) in [5.41, 5.74) is 1.86. The average Bonchev–Trinajstić information content (AvgIpc) is 2.87. The van der Waals surface area contributed by atoms with E-state index in [2.05, 4.69) is 25.8 Å². The smallest absolute Gasteiger partial charge is 0.220 e. The first-order chi connectivity index (χ1) is 11.9. The van der Waals surface area contributed by atoms with E-state index in [1.54, 1.807) is 0 Å². The van der Waals surface area contributed by atoms with Crippen molar-refractivity contribution in [2.75, 3.05) is 37.4 Å². The first-order valence-electron chi connectivity index (χ1n) is 8.32. The number of rotatable bonds is 8. The molecular formula is C17H26N6O2. The molecule has 136 valence electrons. The number of anilines is 2. The number of hydrogen-bond acceptors (Lipinski definition) is 7. The third-order valence-corrected chi connectivity index (χ3v) is 3.82. The summed E-state index contributed by atoms with van der Waals surface area (Å²) in [4.78, 5) is 22.6. The van der Waals surface area contributed by atoms with E-state index >= 15 is 0 Å². The SMILES string of the molecule is Cc1nc(NCCNC(=O)CCc2c(C)noc2C)cc(N(C)C)n1. The van der Waals surface area contributed by atoms with Gasteiger partial charge >= 0.3 is 0 Å². The second-order valence-electron chi connectivity index (χ2n) is 6.13. The van der Waals surface area contributed by atoms with Crippen LogP contribution in [0, 0.1) is 20.8 Å². The fourth-order valence-electron chi connectivity index (χ4n) is 2.45. The van der Waals surface area contributed by atoms with Gasteiger partial charge in [-0.3, -0.25) is 4.79 Å². The molecule has 0 radical (unpaired) electrons. The van der Waals surface area contributed by atoms with Crippen LogP contribution in [-0.2, 0) is 11.2 Å². The van der Waals surface area contributed by atoms with Crippen molar-refractivity contribution >= 4 is 17.5 Å². The van der Waals surface area contributed by atoms with Gasteiger partial charge in [0.15, 0.2) is 0 Å². The predicted molar refractivity (Wildman–Crippen MR) is 96.9 cm³/mol. The van der Waals surface area contributed by atoms with Gasteiger partial charge in [-0.05, 0) is 27.2 Å². The molecule has 2 aromatic heterocycles. The van der Waals surface area contributed by atoms with Gasteiger partial charge in [-0.15, -0.1) is 0 Å². The zero-order valence-electron chi connectivity index (χ0n) is 15.5. The molecule has 0 unspecified atom stereocenters. The van der Waals surface area contributed by atoms with Crippen LogP contribution in [-0.4, -0.2) is 48.2 Å². The van der Waals surface area contributed by atoms with Crippen LogP contribution in [0.3, 0.4) is 0 Å². The van der Waals surface area contributed by atoms with E-state index in [0.29, 0.717) is 31.8 Å². The van der Waals surface area contributed by atoms with Crippen molar-refractivity contribution in [1.82, 2.24) is 20.4 Å². The number of nitrogens with zero attached hydrogens (tertiary/aromatic N) is 4. The van der Waals surface area contributed by atoms with Crippen molar-refractivity contribution in [1.29, 1.82) is 0 Å². The first kappa shape index (κ1) is 18.7. The largest absolute Gasteiger partial charge is 0.368 e. The van der Waals surface area contributed by atoms with Gasteiger partial charge in [0.1, 0.15) is 23.2 Å². The maximum absolute atomic E-state index is 11.9. The number of aryl methyl sites for hydroxylation is 3. The quantitative estimate of drug-likeness (QED) is 0.701. The number of carbonyl (C=O) groups is 1. The third kappa shape index (κ3) is 5.44. The van der Waals surface area contributed by atoms with Gasteiger partial charge in [0, 0.05) is 45.2 Å². The molecule has 0 fully saturated rings. The van der Waals surface area contributed by atoms with Gasteiger partial charge in [0.05, 0.1) is 5.69 Å². The summed E-state index contributed by atoms with van der Waals surface area (Å²) in [6.07, 6.45) is 1.05. The third-order valence-electron chi connectivity index (χ3n) is 3.82. The van der Waals surface area contributed by atoms with Gasteiger partial charge in [-0.25, -0.2) is 9.97 Å². The second kappa shape index (κ2) is 8.46. The molecule has 25 heavy (non-hydrogen) atoms. The van der Waals surface area contributed by atoms with E-state index < -0.39 is 0 Å². The van der Waals surface area contributed by atoms with E-state index in [0.717, 1.165) is 28.7 Å². The zero-order valence-corrected chi connectivity index (χ0v) is 15.5. The minimum Gasteiger partial charge on any atom is -0.368 e. The Morgan fingerprint density at radius 2 is 1.96 bits per heavy atom. The zero-order chi connectivity index (χ0) is 18.4. The molecular weight excluding hydrogens is 320 g/mol. The summed E-state index contributed by atoms with van der Waals surface area (Å²) in [7, 11) is 3.87. The van der Waals surface area contributed by atoms with Gasteiger partial charge in [0.25, 0.3) is 0 Å². The predicted octanol–water partition coefficient (Wildman–Crippen LogP) is 1.62. The van der Waals surface area contributed by atoms with Gasteiger partial charge in [-0.2, -0.15) is 0 Å². The van der Waals surface area contributed by atoms with Crippen molar-refractivity contribution in [3.63, 3.8) is 0 Å². The van der Waals surface area contributed by atoms with Crippen LogP contribution in [0.5, 0.6) is 0 Å². The monoisotopic (exact) mass is 346 g/mol. The number of nitrogens with one attached hydrogen (secondary N) is 2. The van der Waals surface area contributed by atoms with Crippen molar-refractivity contribution < 1.29 is 9.32 Å². The molecule has 0 atom stereocenters. The van der Waals surface area contributed by atoms with E-state index in [1.807, 2.05) is 45.8 Å². The molecule has 0 spiro atoms. The summed E-state index contributed by atoms with van der Waals surface area (Å²) in [5, 5.41) is 10.0. The van der Waals surface area contributed by atoms with Crippen molar-refractivity contribution in [3.8, 4) is 0 Å². The number of aromatic nitrogens is 3. The molecule has 0 saturated heterocycles. The fourth-order valence-corrected chi connectivity index (χ4v) is 2.45. The maximum atomic E-state index is 11.9. The summed E-state index contributed by atoms with van der Waals surface area (Å²) in [6, 6.07) is 1.88. The molecule has 2 aromatic rings. The van der Waals surface area contributed by atoms with E-state index in [9.17, 15) is 4.79 Å². The second-order valence-corrected chi connectivity index (χ2v) is 6.13. The van der Waals surface area contributed by atoms with E-state index in [4.69, 9.17) is 4.52 Å². The highest BCUT2D eigenvalue weighted by molar-refractivity contribution is 5.76. The fraction of sp³-hybridized carbons (Fsp3) is 0.529. The van der Waals surface area contributed by atoms with Gasteiger partial charge in [0.2, 0.25) is 5.91 Å². The topological polar surface area (TPSA) is 96.2 Å². The Hall–Kier alpha value is -2.64. The van der Waals surface area contributed by atoms with Gasteiger partial charge in [-0.1, -0.05) is 5.16 Å². The lowest BCUT2D eigenvalue weighted by Gasteiger charge is -2.14. The molecule has 2 rings (SSSR count). The Morgan fingerprint density at radius 1 is 1.20 bits per heavy atom. The molecule has 0 aromatic carbocycles. The normalized spacial score (nSPS) is 10.6. The molecule has 2 N–H and O–H groups in total. The van der Waals surface area contributed by atoms with Crippen molar-refractivity contribution in [3.05, 3.63) is 28.9 Å². The van der Waals surface area contributed by atoms with E-state index in [1.165, 1.54) is 0 Å². The standard InChI is InChI=1S/C17H26N6O2/c1-11-14(12(2)25-22-11)6-7-17(24)19-9-8-18-15-10-16(23(4)5)21-13(3)20-15/h10H,6-9H2,1-5H3,(H,19,24)(H,18,20,21). The molecule has 0 aliphatic carbocycles. The van der Waals surface area contributed by atoms with Crippen molar-refractivity contribution in [2.24, 2.45) is 0 Å². The number of carbonyl (C=O) groups excluding carboxylic acids is 1. The Labute approximate surface area is 148 Å². The van der Waals surface area contributed by atoms with Crippen LogP contribution in [0.25, 0.3) is 0 Å². The highest BCUT2D eigenvalue weighted by atomic mass is 16.5. The molecule has 0 saturated carbocycles. The molecule has 0 aliphatic rings. The molecule has 8 nitrogen and oxygen atoms in total. The Bertz CT molecular complexity index is 706. The highest BCUT2D eigenvalue weighted by Crippen LogP contribution is 2.14. The van der Waals surface area contributed by atoms with Crippen molar-refractivity contribution in [2.45, 2.75) is 33.6 Å². The summed E-state index contributed by atoms with van der Waals surface area (Å²) >= 11 is 0. The average molecular weight is 346 g/mol. The lowest BCUT2D eigenvalue weighted by Crippen LogP contribution is -2.29. The lowest BCUT2D eigenvalue weighted by atomic mass is 10.1. The van der Waals surface area contributed by atoms with Crippen LogP contribution >= 0.6 is 0 Å². The molecule has 2 heterocycles. The van der Waals surface area contributed by atoms with Crippen LogP contribution in [0.15, 0.2) is 10.6 Å². The van der Waals surface area contributed by atoms with Crippen LogP contribution < -0.4 is 15.5 Å². The minimum atomic E-state index is 0.00893. The molecule has 8 heteroatoms. The van der Waals surface area contributed by atoms with Crippen LogP contribution in [0.4, 0.5) is 11.6 Å². The Balaban J connectivity index is 1.73. The molecule has 0 aliphatic heterocycles. The Kier molecular flexibility index (Phi) is 6.32. The molecule has 1 amide bonds. The van der Waals surface area contributed by atoms with Crippen LogP contribution in [0.1, 0.15) is 29.3 Å². The van der Waals surface area contributed by atoms with E-state index in [-0.39, 0.29) is 5.91 Å². The number of amides is 1. The summed E-state index contributed by atoms with van der Waals surface area (Å²) in [5.74, 6) is 3.09. The van der Waals surface area contributed by atoms with Gasteiger partial charge < -0.3 is 20.1 Å². The maximum Gasteiger partial charge on any atom is 0.220 e. The number of hydrogen-bond donors (Lipinski definition) is 2. The summed E-state index contributed by atoms with van der Waals surface area (Å²) in [6.45, 7) is 6.73. The molecule has 0 bridgehead atoms. The highest BCUT2D eigenvalue weighted by Gasteiger charge is 2.11. The summed E-state index contributed by atoms with van der Waals surface area (Å²) < 4.78 is 5.10. The minimum absolute atomic E-state index is 0.00893. The van der Waals surface area contributed by atoms with Crippen LogP contribution in [0.2, 0.25) is 0 Å². The Morgan fingerprint density at radius 3 is 2.60 bits per heavy atom. The first-order valence-corrected chi connectivity index (χ1v) is 8.32.